The lowest BCUT2D eigenvalue weighted by Crippen LogP contribution is -2.37. The molecule has 0 saturated carbocycles. The van der Waals surface area contributed by atoms with Crippen molar-refractivity contribution in [2.45, 2.75) is 70.3 Å². The predicted octanol–water partition coefficient (Wildman–Crippen LogP) is 2.70. The van der Waals surface area contributed by atoms with Crippen molar-refractivity contribution >= 4 is 5.91 Å². The second kappa shape index (κ2) is 7.78. The average Bonchev–Trinajstić information content (AvgIpc) is 2.37. The monoisotopic (exact) mass is 252 g/mol. The van der Waals surface area contributed by atoms with Crippen LogP contribution in [-0.2, 0) is 4.79 Å². The Kier molecular flexibility index (Phi) is 5.98. The summed E-state index contributed by atoms with van der Waals surface area (Å²) in [5, 5.41) is 3.53. The van der Waals surface area contributed by atoms with E-state index in [1.54, 1.807) is 0 Å². The summed E-state index contributed by atoms with van der Waals surface area (Å²) in [7, 11) is 0. The molecule has 2 saturated heterocycles. The SMILES string of the molecule is O=C(CCC1CCCCN1)N1CCCCCCC1. The normalized spacial score (nSPS) is 26.4. The highest BCUT2D eigenvalue weighted by Gasteiger charge is 2.18. The van der Waals surface area contributed by atoms with Gasteiger partial charge in [-0.05, 0) is 38.6 Å². The van der Waals surface area contributed by atoms with Crippen molar-refractivity contribution in [1.82, 2.24) is 10.2 Å². The molecule has 2 heterocycles. The fourth-order valence-electron chi connectivity index (χ4n) is 3.12. The molecular weight excluding hydrogens is 224 g/mol. The van der Waals surface area contributed by atoms with Crippen LogP contribution >= 0.6 is 0 Å². The molecule has 0 radical (unpaired) electrons. The van der Waals surface area contributed by atoms with Crippen molar-refractivity contribution in [2.24, 2.45) is 0 Å². The predicted molar refractivity (Wildman–Crippen MR) is 74.5 cm³/mol. The highest BCUT2D eigenvalue weighted by Crippen LogP contribution is 2.15. The summed E-state index contributed by atoms with van der Waals surface area (Å²) in [6.07, 6.45) is 12.0. The molecule has 0 aromatic heterocycles. The zero-order chi connectivity index (χ0) is 12.6. The van der Waals surface area contributed by atoms with E-state index in [1.165, 1.54) is 51.4 Å². The van der Waals surface area contributed by atoms with Gasteiger partial charge in [-0.25, -0.2) is 0 Å². The number of hydrogen-bond acceptors (Lipinski definition) is 2. The minimum Gasteiger partial charge on any atom is -0.343 e. The first kappa shape index (κ1) is 13.9. The molecule has 1 N–H and O–H groups in total. The van der Waals surface area contributed by atoms with Gasteiger partial charge in [-0.15, -0.1) is 0 Å². The Morgan fingerprint density at radius 3 is 2.39 bits per heavy atom. The summed E-state index contributed by atoms with van der Waals surface area (Å²) in [6.45, 7) is 3.14. The topological polar surface area (TPSA) is 32.3 Å². The maximum Gasteiger partial charge on any atom is 0.222 e. The number of nitrogens with zero attached hydrogens (tertiary/aromatic N) is 1. The van der Waals surface area contributed by atoms with Gasteiger partial charge in [0, 0.05) is 25.6 Å². The van der Waals surface area contributed by atoms with Gasteiger partial charge in [0.15, 0.2) is 0 Å². The molecular formula is C15H28N2O. The van der Waals surface area contributed by atoms with Crippen molar-refractivity contribution in [3.05, 3.63) is 0 Å². The van der Waals surface area contributed by atoms with Gasteiger partial charge in [0.1, 0.15) is 0 Å². The molecule has 1 atom stereocenters. The van der Waals surface area contributed by atoms with E-state index in [4.69, 9.17) is 0 Å². The Balaban J connectivity index is 1.68. The van der Waals surface area contributed by atoms with Crippen LogP contribution in [-0.4, -0.2) is 36.5 Å². The number of carbonyl (C=O) groups excluding carboxylic acids is 1. The molecule has 3 nitrogen and oxygen atoms in total. The van der Waals surface area contributed by atoms with Gasteiger partial charge >= 0.3 is 0 Å². The van der Waals surface area contributed by atoms with Crippen molar-refractivity contribution in [1.29, 1.82) is 0 Å². The van der Waals surface area contributed by atoms with Crippen LogP contribution in [0.4, 0.5) is 0 Å². The molecule has 2 aliphatic rings. The van der Waals surface area contributed by atoms with Crippen molar-refractivity contribution in [3.8, 4) is 0 Å². The lowest BCUT2D eigenvalue weighted by atomic mass is 10.00. The van der Waals surface area contributed by atoms with Crippen LogP contribution in [0.1, 0.15) is 64.2 Å². The molecule has 0 aromatic rings. The lowest BCUT2D eigenvalue weighted by Gasteiger charge is -2.27. The molecule has 3 heteroatoms. The van der Waals surface area contributed by atoms with E-state index in [0.717, 1.165) is 32.5 Å². The molecule has 0 aliphatic carbocycles. The van der Waals surface area contributed by atoms with Gasteiger partial charge in [0.05, 0.1) is 0 Å². The molecule has 1 amide bonds. The summed E-state index contributed by atoms with van der Waals surface area (Å²) in [6, 6.07) is 0.595. The second-order valence-corrected chi connectivity index (χ2v) is 5.83. The van der Waals surface area contributed by atoms with E-state index in [1.807, 2.05) is 0 Å². The van der Waals surface area contributed by atoms with E-state index in [-0.39, 0.29) is 0 Å². The molecule has 0 bridgehead atoms. The standard InChI is InChI=1S/C15H28N2O/c18-15(10-9-14-8-4-5-11-16-14)17-12-6-2-1-3-7-13-17/h14,16H,1-13H2. The van der Waals surface area contributed by atoms with Crippen LogP contribution in [0.15, 0.2) is 0 Å². The van der Waals surface area contributed by atoms with Crippen molar-refractivity contribution < 1.29 is 4.79 Å². The van der Waals surface area contributed by atoms with Gasteiger partial charge in [0.2, 0.25) is 5.91 Å². The Labute approximate surface area is 111 Å². The smallest absolute Gasteiger partial charge is 0.222 e. The lowest BCUT2D eigenvalue weighted by molar-refractivity contribution is -0.131. The Bertz CT molecular complexity index is 241. The molecule has 2 rings (SSSR count). The fourth-order valence-corrected chi connectivity index (χ4v) is 3.12. The van der Waals surface area contributed by atoms with Crippen LogP contribution in [0.3, 0.4) is 0 Å². The van der Waals surface area contributed by atoms with E-state index in [2.05, 4.69) is 10.2 Å². The van der Waals surface area contributed by atoms with Gasteiger partial charge in [-0.1, -0.05) is 25.7 Å². The summed E-state index contributed by atoms with van der Waals surface area (Å²) in [4.78, 5) is 14.3. The first-order chi connectivity index (χ1) is 8.86. The molecule has 1 unspecified atom stereocenters. The number of likely N-dealkylation sites (tertiary alicyclic amines) is 1. The maximum absolute atomic E-state index is 12.2. The number of rotatable bonds is 3. The highest BCUT2D eigenvalue weighted by atomic mass is 16.2. The Morgan fingerprint density at radius 1 is 1.00 bits per heavy atom. The molecule has 104 valence electrons. The number of amides is 1. The van der Waals surface area contributed by atoms with Gasteiger partial charge in [-0.2, -0.15) is 0 Å². The van der Waals surface area contributed by atoms with Crippen LogP contribution in [0.2, 0.25) is 0 Å². The minimum absolute atomic E-state index is 0.393. The van der Waals surface area contributed by atoms with Gasteiger partial charge in [0.25, 0.3) is 0 Å². The summed E-state index contributed by atoms with van der Waals surface area (Å²) < 4.78 is 0. The quantitative estimate of drug-likeness (QED) is 0.837. The molecule has 0 spiro atoms. The van der Waals surface area contributed by atoms with Crippen molar-refractivity contribution in [2.75, 3.05) is 19.6 Å². The summed E-state index contributed by atoms with van der Waals surface area (Å²) >= 11 is 0. The molecule has 2 fully saturated rings. The van der Waals surface area contributed by atoms with E-state index in [0.29, 0.717) is 11.9 Å². The molecule has 0 aromatic carbocycles. The van der Waals surface area contributed by atoms with Crippen LogP contribution in [0, 0.1) is 0 Å². The van der Waals surface area contributed by atoms with Crippen molar-refractivity contribution in [3.63, 3.8) is 0 Å². The first-order valence-corrected chi connectivity index (χ1v) is 7.87. The summed E-state index contributed by atoms with van der Waals surface area (Å²) in [5.41, 5.74) is 0. The van der Waals surface area contributed by atoms with Gasteiger partial charge < -0.3 is 10.2 Å². The van der Waals surface area contributed by atoms with E-state index >= 15 is 0 Å². The van der Waals surface area contributed by atoms with Crippen LogP contribution in [0.25, 0.3) is 0 Å². The van der Waals surface area contributed by atoms with Crippen LogP contribution in [0.5, 0.6) is 0 Å². The Morgan fingerprint density at radius 2 is 1.72 bits per heavy atom. The third-order valence-corrected chi connectivity index (χ3v) is 4.33. The number of piperidine rings is 1. The second-order valence-electron chi connectivity index (χ2n) is 5.83. The average molecular weight is 252 g/mol. The third kappa shape index (κ3) is 4.60. The largest absolute Gasteiger partial charge is 0.343 e. The van der Waals surface area contributed by atoms with Gasteiger partial charge in [-0.3, -0.25) is 4.79 Å². The zero-order valence-electron chi connectivity index (χ0n) is 11.6. The number of hydrogen-bond donors (Lipinski definition) is 1. The number of nitrogens with one attached hydrogen (secondary N) is 1. The van der Waals surface area contributed by atoms with E-state index < -0.39 is 0 Å². The minimum atomic E-state index is 0.393. The summed E-state index contributed by atoms with van der Waals surface area (Å²) in [5.74, 6) is 0.393. The zero-order valence-corrected chi connectivity index (χ0v) is 11.6. The Hall–Kier alpha value is -0.570. The van der Waals surface area contributed by atoms with Crippen LogP contribution < -0.4 is 5.32 Å². The third-order valence-electron chi connectivity index (χ3n) is 4.33. The maximum atomic E-state index is 12.2. The first-order valence-electron chi connectivity index (χ1n) is 7.87. The molecule has 2 aliphatic heterocycles. The number of carbonyl (C=O) groups is 1. The van der Waals surface area contributed by atoms with E-state index in [9.17, 15) is 4.79 Å². The highest BCUT2D eigenvalue weighted by molar-refractivity contribution is 5.76. The fraction of sp³-hybridized carbons (Fsp3) is 0.933. The molecule has 18 heavy (non-hydrogen) atoms.